The zero-order valence-corrected chi connectivity index (χ0v) is 8.67. The lowest BCUT2D eigenvalue weighted by molar-refractivity contribution is 0.171. The molecule has 0 N–H and O–H groups in total. The molecule has 1 aliphatic heterocycles. The number of rotatable bonds is 2. The molecule has 0 spiro atoms. The summed E-state index contributed by atoms with van der Waals surface area (Å²) in [6.45, 7) is 1.27. The molecule has 0 fully saturated rings. The van der Waals surface area contributed by atoms with Gasteiger partial charge in [0, 0.05) is 5.75 Å². The number of hydrogen-bond donors (Lipinski definition) is 1. The Bertz CT molecular complexity index is 347. The van der Waals surface area contributed by atoms with Crippen LogP contribution in [0.15, 0.2) is 24.3 Å². The van der Waals surface area contributed by atoms with E-state index in [1.54, 1.807) is 0 Å². The summed E-state index contributed by atoms with van der Waals surface area (Å²) < 4.78 is 10.9. The molecule has 1 aromatic carbocycles. The monoisotopic (exact) mass is 208 g/mol. The van der Waals surface area contributed by atoms with Gasteiger partial charge in [-0.3, -0.25) is 0 Å². The van der Waals surface area contributed by atoms with E-state index >= 15 is 0 Å². The largest absolute Gasteiger partial charge is 0.486 e. The second kappa shape index (κ2) is 4.42. The molecule has 3 heteroatoms. The Kier molecular flexibility index (Phi) is 2.99. The molecule has 0 atom stereocenters. The van der Waals surface area contributed by atoms with Crippen molar-refractivity contribution in [3.63, 3.8) is 0 Å². The topological polar surface area (TPSA) is 18.5 Å². The lowest BCUT2D eigenvalue weighted by Crippen LogP contribution is -2.15. The Hall–Kier alpha value is -1.09. The third-order valence-electron chi connectivity index (χ3n) is 1.98. The van der Waals surface area contributed by atoms with Crippen LogP contribution in [-0.4, -0.2) is 19.0 Å². The number of fused-ring (bicyclic) bond motifs is 1. The van der Waals surface area contributed by atoms with Crippen LogP contribution in [0, 0.1) is 0 Å². The van der Waals surface area contributed by atoms with Crippen molar-refractivity contribution in [2.24, 2.45) is 0 Å². The van der Waals surface area contributed by atoms with Gasteiger partial charge in [-0.05, 0) is 17.7 Å². The molecule has 0 saturated carbocycles. The predicted molar refractivity (Wildman–Crippen MR) is 60.3 cm³/mol. The highest BCUT2D eigenvalue weighted by atomic mass is 32.1. The van der Waals surface area contributed by atoms with Crippen LogP contribution in [0.2, 0.25) is 0 Å². The Morgan fingerprint density at radius 3 is 2.79 bits per heavy atom. The average molecular weight is 208 g/mol. The zero-order valence-electron chi connectivity index (χ0n) is 7.77. The van der Waals surface area contributed by atoms with Crippen LogP contribution in [0.3, 0.4) is 0 Å². The van der Waals surface area contributed by atoms with Crippen molar-refractivity contribution in [2.45, 2.75) is 0 Å². The predicted octanol–water partition coefficient (Wildman–Crippen LogP) is 2.40. The van der Waals surface area contributed by atoms with Gasteiger partial charge >= 0.3 is 0 Å². The van der Waals surface area contributed by atoms with Crippen molar-refractivity contribution in [1.82, 2.24) is 0 Å². The molecule has 0 bridgehead atoms. The van der Waals surface area contributed by atoms with Crippen molar-refractivity contribution in [2.75, 3.05) is 19.0 Å². The number of hydrogen-bond acceptors (Lipinski definition) is 3. The van der Waals surface area contributed by atoms with Crippen molar-refractivity contribution >= 4 is 18.7 Å². The minimum atomic E-state index is 0.632. The van der Waals surface area contributed by atoms with Crippen LogP contribution in [0.5, 0.6) is 11.5 Å². The van der Waals surface area contributed by atoms with Crippen molar-refractivity contribution in [3.8, 4) is 11.5 Å². The van der Waals surface area contributed by atoms with Crippen molar-refractivity contribution in [1.29, 1.82) is 0 Å². The SMILES string of the molecule is SCC=Cc1ccc2c(c1)OCCO2. The fraction of sp³-hybridized carbons (Fsp3) is 0.273. The minimum absolute atomic E-state index is 0.632. The van der Waals surface area contributed by atoms with Gasteiger partial charge in [-0.25, -0.2) is 0 Å². The molecule has 2 rings (SSSR count). The maximum Gasteiger partial charge on any atom is 0.161 e. The van der Waals surface area contributed by atoms with Gasteiger partial charge in [0.2, 0.25) is 0 Å². The smallest absolute Gasteiger partial charge is 0.161 e. The third kappa shape index (κ3) is 2.04. The van der Waals surface area contributed by atoms with E-state index in [2.05, 4.69) is 12.6 Å². The first-order chi connectivity index (χ1) is 6.90. The summed E-state index contributed by atoms with van der Waals surface area (Å²) in [6.07, 6.45) is 4.01. The molecule has 14 heavy (non-hydrogen) atoms. The molecular formula is C11H12O2S. The molecule has 0 radical (unpaired) electrons. The van der Waals surface area contributed by atoms with Gasteiger partial charge in [-0.2, -0.15) is 12.6 Å². The van der Waals surface area contributed by atoms with Crippen LogP contribution in [0.1, 0.15) is 5.56 Å². The van der Waals surface area contributed by atoms with E-state index < -0.39 is 0 Å². The number of benzene rings is 1. The first-order valence-electron chi connectivity index (χ1n) is 4.57. The summed E-state index contributed by atoms with van der Waals surface area (Å²) in [5.41, 5.74) is 1.11. The molecule has 1 aromatic rings. The second-order valence-corrected chi connectivity index (χ2v) is 3.35. The maximum atomic E-state index is 5.47. The maximum absolute atomic E-state index is 5.47. The second-order valence-electron chi connectivity index (χ2n) is 2.99. The van der Waals surface area contributed by atoms with Gasteiger partial charge in [-0.1, -0.05) is 18.2 Å². The van der Waals surface area contributed by atoms with Crippen LogP contribution >= 0.6 is 12.6 Å². The number of ether oxygens (including phenoxy) is 2. The van der Waals surface area contributed by atoms with E-state index in [0.29, 0.717) is 13.2 Å². The lowest BCUT2D eigenvalue weighted by Gasteiger charge is -2.18. The van der Waals surface area contributed by atoms with Gasteiger partial charge in [0.05, 0.1) is 0 Å². The fourth-order valence-electron chi connectivity index (χ4n) is 1.35. The van der Waals surface area contributed by atoms with E-state index in [9.17, 15) is 0 Å². The summed E-state index contributed by atoms with van der Waals surface area (Å²) in [4.78, 5) is 0. The molecule has 0 unspecified atom stereocenters. The van der Waals surface area contributed by atoms with Gasteiger partial charge < -0.3 is 9.47 Å². The summed E-state index contributed by atoms with van der Waals surface area (Å²) in [6, 6.07) is 5.93. The van der Waals surface area contributed by atoms with E-state index in [1.165, 1.54) is 0 Å². The van der Waals surface area contributed by atoms with Crippen molar-refractivity contribution < 1.29 is 9.47 Å². The summed E-state index contributed by atoms with van der Waals surface area (Å²) >= 11 is 4.11. The third-order valence-corrected chi connectivity index (χ3v) is 2.19. The van der Waals surface area contributed by atoms with E-state index in [0.717, 1.165) is 22.8 Å². The zero-order chi connectivity index (χ0) is 9.80. The molecule has 0 saturated heterocycles. The van der Waals surface area contributed by atoms with E-state index in [4.69, 9.17) is 9.47 Å². The van der Waals surface area contributed by atoms with Crippen LogP contribution in [0.25, 0.3) is 6.08 Å². The first-order valence-corrected chi connectivity index (χ1v) is 5.20. The van der Waals surface area contributed by atoms with Gasteiger partial charge in [-0.15, -0.1) is 0 Å². The Morgan fingerprint density at radius 2 is 2.00 bits per heavy atom. The van der Waals surface area contributed by atoms with Crippen LogP contribution < -0.4 is 9.47 Å². The van der Waals surface area contributed by atoms with Crippen LogP contribution in [-0.2, 0) is 0 Å². The highest BCUT2D eigenvalue weighted by molar-refractivity contribution is 7.80. The van der Waals surface area contributed by atoms with E-state index in [1.807, 2.05) is 30.4 Å². The fourth-order valence-corrected chi connectivity index (χ4v) is 1.46. The molecule has 74 valence electrons. The first kappa shape index (κ1) is 9.46. The van der Waals surface area contributed by atoms with Gasteiger partial charge in [0.15, 0.2) is 11.5 Å². The Labute approximate surface area is 88.9 Å². The summed E-state index contributed by atoms with van der Waals surface area (Å²) in [5.74, 6) is 2.41. The van der Waals surface area contributed by atoms with E-state index in [-0.39, 0.29) is 0 Å². The van der Waals surface area contributed by atoms with Crippen LogP contribution in [0.4, 0.5) is 0 Å². The minimum Gasteiger partial charge on any atom is -0.486 e. The average Bonchev–Trinajstić information content (AvgIpc) is 2.26. The molecule has 1 aliphatic rings. The van der Waals surface area contributed by atoms with Gasteiger partial charge in [0.1, 0.15) is 13.2 Å². The Morgan fingerprint density at radius 1 is 1.21 bits per heavy atom. The molecule has 1 heterocycles. The van der Waals surface area contributed by atoms with Gasteiger partial charge in [0.25, 0.3) is 0 Å². The lowest BCUT2D eigenvalue weighted by atomic mass is 10.2. The molecule has 0 aromatic heterocycles. The highest BCUT2D eigenvalue weighted by Crippen LogP contribution is 2.30. The highest BCUT2D eigenvalue weighted by Gasteiger charge is 2.10. The Balaban J connectivity index is 2.24. The van der Waals surface area contributed by atoms with Crippen molar-refractivity contribution in [3.05, 3.63) is 29.8 Å². The standard InChI is InChI=1S/C11H12O2S/c14-7-1-2-9-3-4-10-11(8-9)13-6-5-12-10/h1-4,8,14H,5-7H2. The molecular weight excluding hydrogens is 196 g/mol. The quantitative estimate of drug-likeness (QED) is 0.752. The molecule has 0 aliphatic carbocycles. The molecule has 2 nitrogen and oxygen atoms in total. The summed E-state index contributed by atoms with van der Waals surface area (Å²) in [5, 5.41) is 0. The molecule has 0 amide bonds. The number of thiol groups is 1. The normalized spacial score (nSPS) is 14.6. The summed E-state index contributed by atoms with van der Waals surface area (Å²) in [7, 11) is 0.